The Morgan fingerprint density at radius 3 is 3.00 bits per heavy atom. The highest BCUT2D eigenvalue weighted by atomic mass is 79.9. The van der Waals surface area contributed by atoms with Crippen molar-refractivity contribution in [3.05, 3.63) is 21.8 Å². The van der Waals surface area contributed by atoms with Gasteiger partial charge in [0.2, 0.25) is 0 Å². The fourth-order valence-electron chi connectivity index (χ4n) is 1.28. The molecule has 0 aromatic carbocycles. The molecule has 1 fully saturated rings. The van der Waals surface area contributed by atoms with Gasteiger partial charge in [0, 0.05) is 31.7 Å². The van der Waals surface area contributed by atoms with E-state index >= 15 is 0 Å². The minimum absolute atomic E-state index is 0.646. The van der Waals surface area contributed by atoms with E-state index in [1.54, 1.807) is 6.20 Å². The predicted octanol–water partition coefficient (Wildman–Crippen LogP) is 2.13. The largest absolute Gasteiger partial charge is 0.369 e. The molecule has 1 aliphatic heterocycles. The van der Waals surface area contributed by atoms with E-state index in [4.69, 9.17) is 11.6 Å². The number of nitrogens with one attached hydrogen (secondary N) is 2. The van der Waals surface area contributed by atoms with Crippen LogP contribution in [-0.2, 0) is 0 Å². The molecule has 1 aromatic heterocycles. The second-order valence-electron chi connectivity index (χ2n) is 3.39. The van der Waals surface area contributed by atoms with E-state index in [9.17, 15) is 0 Å². The molecule has 2 rings (SSSR count). The van der Waals surface area contributed by atoms with Gasteiger partial charge in [-0.15, -0.1) is 0 Å². The van der Waals surface area contributed by atoms with Gasteiger partial charge in [-0.2, -0.15) is 0 Å². The molecule has 0 amide bonds. The van der Waals surface area contributed by atoms with Crippen molar-refractivity contribution in [2.24, 2.45) is 5.92 Å². The van der Waals surface area contributed by atoms with Gasteiger partial charge in [-0.1, -0.05) is 11.6 Å². The molecule has 1 aromatic rings. The van der Waals surface area contributed by atoms with Crippen LogP contribution in [0.3, 0.4) is 0 Å². The molecule has 0 atom stereocenters. The maximum absolute atomic E-state index is 5.79. The number of pyridine rings is 1. The van der Waals surface area contributed by atoms with Crippen molar-refractivity contribution in [3.8, 4) is 0 Å². The van der Waals surface area contributed by atoms with Crippen molar-refractivity contribution in [1.82, 2.24) is 10.3 Å². The van der Waals surface area contributed by atoms with Crippen LogP contribution in [0.1, 0.15) is 0 Å². The molecule has 2 N–H and O–H groups in total. The lowest BCUT2D eigenvalue weighted by Crippen LogP contribution is -2.45. The van der Waals surface area contributed by atoms with E-state index in [1.165, 1.54) is 0 Å². The lowest BCUT2D eigenvalue weighted by molar-refractivity contribution is 0.365. The Hall–Kier alpha value is -0.320. The van der Waals surface area contributed by atoms with Crippen molar-refractivity contribution >= 4 is 33.3 Å². The van der Waals surface area contributed by atoms with Crippen molar-refractivity contribution in [2.75, 3.05) is 25.0 Å². The first-order valence-corrected chi connectivity index (χ1v) is 5.68. The highest BCUT2D eigenvalue weighted by Gasteiger charge is 2.16. The number of halogens is 2. The first-order chi connectivity index (χ1) is 6.75. The molecular weight excluding hydrogens is 265 g/mol. The zero-order valence-electron chi connectivity index (χ0n) is 7.56. The SMILES string of the molecule is Clc1cnc(NCC2CNC2)c(Br)c1. The van der Waals surface area contributed by atoms with Crippen LogP contribution in [0.25, 0.3) is 0 Å². The molecule has 1 aliphatic rings. The van der Waals surface area contributed by atoms with E-state index in [1.807, 2.05) is 6.07 Å². The second kappa shape index (κ2) is 4.47. The van der Waals surface area contributed by atoms with Crippen LogP contribution in [0.5, 0.6) is 0 Å². The molecule has 76 valence electrons. The maximum Gasteiger partial charge on any atom is 0.140 e. The average Bonchev–Trinajstić information content (AvgIpc) is 2.05. The molecule has 2 heterocycles. The number of rotatable bonds is 3. The van der Waals surface area contributed by atoms with Gasteiger partial charge in [0.1, 0.15) is 5.82 Å². The zero-order chi connectivity index (χ0) is 9.97. The van der Waals surface area contributed by atoms with Gasteiger partial charge >= 0.3 is 0 Å². The Bertz CT molecular complexity index is 328. The van der Waals surface area contributed by atoms with Crippen LogP contribution in [0.2, 0.25) is 5.02 Å². The summed E-state index contributed by atoms with van der Waals surface area (Å²) in [5.74, 6) is 1.58. The summed E-state index contributed by atoms with van der Waals surface area (Å²) in [6.45, 7) is 3.15. The molecule has 0 radical (unpaired) electrons. The first-order valence-electron chi connectivity index (χ1n) is 4.51. The number of nitrogens with zero attached hydrogens (tertiary/aromatic N) is 1. The standard InChI is InChI=1S/C9H11BrClN3/c10-8-1-7(11)5-14-9(8)13-4-6-2-12-3-6/h1,5-6,12H,2-4H2,(H,13,14). The topological polar surface area (TPSA) is 37.0 Å². The number of anilines is 1. The van der Waals surface area contributed by atoms with Crippen LogP contribution in [0.15, 0.2) is 16.7 Å². The molecule has 0 aliphatic carbocycles. The summed E-state index contributed by atoms with van der Waals surface area (Å²) in [7, 11) is 0. The summed E-state index contributed by atoms with van der Waals surface area (Å²) >= 11 is 9.20. The highest BCUT2D eigenvalue weighted by molar-refractivity contribution is 9.10. The third-order valence-electron chi connectivity index (χ3n) is 2.23. The van der Waals surface area contributed by atoms with E-state index in [0.717, 1.165) is 35.8 Å². The Balaban J connectivity index is 1.94. The second-order valence-corrected chi connectivity index (χ2v) is 4.68. The van der Waals surface area contributed by atoms with Gasteiger partial charge in [0.15, 0.2) is 0 Å². The molecule has 0 saturated carbocycles. The van der Waals surface area contributed by atoms with Crippen molar-refractivity contribution in [3.63, 3.8) is 0 Å². The van der Waals surface area contributed by atoms with Crippen LogP contribution in [0, 0.1) is 5.92 Å². The monoisotopic (exact) mass is 275 g/mol. The Kier molecular flexibility index (Phi) is 3.26. The smallest absolute Gasteiger partial charge is 0.140 e. The van der Waals surface area contributed by atoms with E-state index in [-0.39, 0.29) is 0 Å². The maximum atomic E-state index is 5.79. The van der Waals surface area contributed by atoms with Crippen molar-refractivity contribution in [2.45, 2.75) is 0 Å². The molecule has 0 unspecified atom stereocenters. The molecule has 5 heteroatoms. The quantitative estimate of drug-likeness (QED) is 0.888. The Labute approximate surface area is 96.4 Å². The molecule has 1 saturated heterocycles. The van der Waals surface area contributed by atoms with Gasteiger partial charge in [-0.25, -0.2) is 4.98 Å². The normalized spacial score (nSPS) is 16.4. The number of hydrogen-bond donors (Lipinski definition) is 2. The molecule has 14 heavy (non-hydrogen) atoms. The summed E-state index contributed by atoms with van der Waals surface area (Å²) in [6.07, 6.45) is 1.65. The Morgan fingerprint density at radius 1 is 1.64 bits per heavy atom. The summed E-state index contributed by atoms with van der Waals surface area (Å²) in [6, 6.07) is 1.84. The predicted molar refractivity (Wildman–Crippen MR) is 61.8 cm³/mol. The lowest BCUT2D eigenvalue weighted by Gasteiger charge is -2.27. The summed E-state index contributed by atoms with van der Waals surface area (Å²) in [5.41, 5.74) is 0. The Morgan fingerprint density at radius 2 is 2.43 bits per heavy atom. The molecule has 3 nitrogen and oxygen atoms in total. The number of hydrogen-bond acceptors (Lipinski definition) is 3. The van der Waals surface area contributed by atoms with Gasteiger partial charge in [-0.3, -0.25) is 0 Å². The van der Waals surface area contributed by atoms with Gasteiger partial charge in [0.25, 0.3) is 0 Å². The summed E-state index contributed by atoms with van der Waals surface area (Å²) in [5, 5.41) is 7.16. The van der Waals surface area contributed by atoms with Gasteiger partial charge in [0.05, 0.1) is 9.50 Å². The summed E-state index contributed by atoms with van der Waals surface area (Å²) < 4.78 is 0.914. The molecular formula is C9H11BrClN3. The highest BCUT2D eigenvalue weighted by Crippen LogP contribution is 2.23. The van der Waals surface area contributed by atoms with E-state index in [2.05, 4.69) is 31.5 Å². The van der Waals surface area contributed by atoms with Crippen LogP contribution >= 0.6 is 27.5 Å². The van der Waals surface area contributed by atoms with E-state index < -0.39 is 0 Å². The zero-order valence-corrected chi connectivity index (χ0v) is 9.90. The minimum Gasteiger partial charge on any atom is -0.369 e. The lowest BCUT2D eigenvalue weighted by atomic mass is 10.0. The first kappa shape index (κ1) is 10.2. The minimum atomic E-state index is 0.646. The number of aromatic nitrogens is 1. The van der Waals surface area contributed by atoms with E-state index in [0.29, 0.717) is 5.02 Å². The van der Waals surface area contributed by atoms with Crippen LogP contribution in [0.4, 0.5) is 5.82 Å². The molecule has 0 spiro atoms. The van der Waals surface area contributed by atoms with Crippen LogP contribution < -0.4 is 10.6 Å². The van der Waals surface area contributed by atoms with Crippen LogP contribution in [-0.4, -0.2) is 24.6 Å². The third kappa shape index (κ3) is 2.38. The molecule has 0 bridgehead atoms. The fourth-order valence-corrected chi connectivity index (χ4v) is 2.06. The third-order valence-corrected chi connectivity index (χ3v) is 3.04. The fraction of sp³-hybridized carbons (Fsp3) is 0.444. The average molecular weight is 277 g/mol. The van der Waals surface area contributed by atoms with Gasteiger partial charge in [-0.05, 0) is 22.0 Å². The summed E-state index contributed by atoms with van der Waals surface area (Å²) in [4.78, 5) is 4.20. The van der Waals surface area contributed by atoms with Crippen molar-refractivity contribution < 1.29 is 0 Å². The van der Waals surface area contributed by atoms with Gasteiger partial charge < -0.3 is 10.6 Å². The van der Waals surface area contributed by atoms with Crippen molar-refractivity contribution in [1.29, 1.82) is 0 Å².